The second-order valence-electron chi connectivity index (χ2n) is 4.75. The number of unbranched alkanes of at least 4 members (excludes halogenated alkanes) is 1. The second kappa shape index (κ2) is 6.18. The van der Waals surface area contributed by atoms with Gasteiger partial charge in [0.05, 0.1) is 11.4 Å². The summed E-state index contributed by atoms with van der Waals surface area (Å²) in [6.45, 7) is 0. The molecule has 106 valence electrons. The number of benzene rings is 1. The first-order chi connectivity index (χ1) is 9.54. The number of aryl methyl sites for hydroxylation is 1. The normalized spacial score (nSPS) is 14.0. The molecule has 0 aliphatic carbocycles. The van der Waals surface area contributed by atoms with E-state index in [1.54, 1.807) is 6.07 Å². The molecule has 6 heteroatoms. The third-order valence-electron chi connectivity index (χ3n) is 3.06. The summed E-state index contributed by atoms with van der Waals surface area (Å²) < 4.78 is 0. The molecule has 2 rings (SSSR count). The Morgan fingerprint density at radius 1 is 1.10 bits per heavy atom. The average molecular weight is 276 g/mol. The molecule has 0 fully saturated rings. The smallest absolute Gasteiger partial charge is 0.303 e. The summed E-state index contributed by atoms with van der Waals surface area (Å²) in [5.41, 5.74) is 2.19. The lowest BCUT2D eigenvalue weighted by Gasteiger charge is -2.09. The standard InChI is InChI=1S/C14H16N2O4/c17-12-8-13(18)16-11-7-9(5-6-10(11)15-12)3-1-2-4-14(19)20/h5-7H,1-4,8H2,(H,15,17)(H,16,18)(H,19,20). The van der Waals surface area contributed by atoms with E-state index in [9.17, 15) is 14.4 Å². The Hall–Kier alpha value is -2.37. The Bertz CT molecular complexity index is 554. The number of aliphatic carboxylic acids is 1. The van der Waals surface area contributed by atoms with Crippen molar-refractivity contribution >= 4 is 29.2 Å². The average Bonchev–Trinajstić information content (AvgIpc) is 2.50. The van der Waals surface area contributed by atoms with Crippen molar-refractivity contribution in [1.82, 2.24) is 0 Å². The van der Waals surface area contributed by atoms with E-state index < -0.39 is 5.97 Å². The summed E-state index contributed by atoms with van der Waals surface area (Å²) in [6, 6.07) is 5.45. The van der Waals surface area contributed by atoms with Crippen LogP contribution in [0.2, 0.25) is 0 Å². The zero-order chi connectivity index (χ0) is 14.5. The molecule has 0 saturated carbocycles. The number of nitrogens with one attached hydrogen (secondary N) is 2. The summed E-state index contributed by atoms with van der Waals surface area (Å²) in [6.07, 6.45) is 2.12. The van der Waals surface area contributed by atoms with Crippen LogP contribution in [0.1, 0.15) is 31.2 Å². The van der Waals surface area contributed by atoms with Gasteiger partial charge in [-0.3, -0.25) is 14.4 Å². The first-order valence-corrected chi connectivity index (χ1v) is 6.49. The predicted molar refractivity (Wildman–Crippen MR) is 73.5 cm³/mol. The summed E-state index contributed by atoms with van der Waals surface area (Å²) in [7, 11) is 0. The lowest BCUT2D eigenvalue weighted by Crippen LogP contribution is -2.16. The molecule has 2 amide bonds. The Balaban J connectivity index is 2.01. The fourth-order valence-corrected chi connectivity index (χ4v) is 2.10. The number of carbonyl (C=O) groups excluding carboxylic acids is 2. The third kappa shape index (κ3) is 3.81. The Labute approximate surface area is 116 Å². The van der Waals surface area contributed by atoms with Crippen molar-refractivity contribution < 1.29 is 19.5 Å². The van der Waals surface area contributed by atoms with Gasteiger partial charge in [0.2, 0.25) is 11.8 Å². The minimum absolute atomic E-state index is 0.164. The van der Waals surface area contributed by atoms with Crippen LogP contribution in [0.3, 0.4) is 0 Å². The van der Waals surface area contributed by atoms with Crippen LogP contribution in [0.4, 0.5) is 11.4 Å². The summed E-state index contributed by atoms with van der Waals surface area (Å²) in [5.74, 6) is -1.44. The van der Waals surface area contributed by atoms with E-state index in [2.05, 4.69) is 10.6 Å². The summed E-state index contributed by atoms with van der Waals surface area (Å²) in [4.78, 5) is 33.3. The highest BCUT2D eigenvalue weighted by atomic mass is 16.4. The molecule has 1 aromatic rings. The molecule has 1 aliphatic rings. The van der Waals surface area contributed by atoms with Gasteiger partial charge in [-0.25, -0.2) is 0 Å². The van der Waals surface area contributed by atoms with Gasteiger partial charge in [-0.1, -0.05) is 6.07 Å². The van der Waals surface area contributed by atoms with Crippen molar-refractivity contribution in [2.75, 3.05) is 10.6 Å². The van der Waals surface area contributed by atoms with Gasteiger partial charge in [-0.2, -0.15) is 0 Å². The molecule has 0 radical (unpaired) electrons. The highest BCUT2D eigenvalue weighted by Crippen LogP contribution is 2.26. The number of anilines is 2. The molecule has 0 unspecified atom stereocenters. The molecular weight excluding hydrogens is 260 g/mol. The number of carboxylic acids is 1. The monoisotopic (exact) mass is 276 g/mol. The van der Waals surface area contributed by atoms with Crippen molar-refractivity contribution in [3.63, 3.8) is 0 Å². The SMILES string of the molecule is O=C(O)CCCCc1ccc2c(c1)NC(=O)CC(=O)N2. The summed E-state index contributed by atoms with van der Waals surface area (Å²) in [5, 5.41) is 13.9. The van der Waals surface area contributed by atoms with Crippen LogP contribution in [0, 0.1) is 0 Å². The van der Waals surface area contributed by atoms with Crippen LogP contribution in [0.5, 0.6) is 0 Å². The maximum atomic E-state index is 11.5. The third-order valence-corrected chi connectivity index (χ3v) is 3.06. The highest BCUT2D eigenvalue weighted by Gasteiger charge is 2.18. The maximum Gasteiger partial charge on any atom is 0.303 e. The van der Waals surface area contributed by atoms with E-state index in [1.807, 2.05) is 12.1 Å². The van der Waals surface area contributed by atoms with Crippen molar-refractivity contribution in [2.45, 2.75) is 32.1 Å². The highest BCUT2D eigenvalue weighted by molar-refractivity contribution is 6.13. The zero-order valence-electron chi connectivity index (χ0n) is 10.9. The fourth-order valence-electron chi connectivity index (χ4n) is 2.10. The first kappa shape index (κ1) is 14.0. The predicted octanol–water partition coefficient (Wildman–Crippen LogP) is 1.76. The number of hydrogen-bond acceptors (Lipinski definition) is 3. The Morgan fingerprint density at radius 2 is 1.80 bits per heavy atom. The van der Waals surface area contributed by atoms with E-state index in [0.29, 0.717) is 17.8 Å². The molecule has 0 bridgehead atoms. The number of rotatable bonds is 5. The van der Waals surface area contributed by atoms with Crippen LogP contribution < -0.4 is 10.6 Å². The molecule has 0 saturated heterocycles. The number of amides is 2. The molecule has 1 aliphatic heterocycles. The molecule has 0 spiro atoms. The van der Waals surface area contributed by atoms with Gasteiger partial charge in [0.15, 0.2) is 0 Å². The van der Waals surface area contributed by atoms with Gasteiger partial charge >= 0.3 is 5.97 Å². The molecule has 3 N–H and O–H groups in total. The van der Waals surface area contributed by atoms with Gasteiger partial charge < -0.3 is 15.7 Å². The zero-order valence-corrected chi connectivity index (χ0v) is 10.9. The summed E-state index contributed by atoms with van der Waals surface area (Å²) >= 11 is 0. The first-order valence-electron chi connectivity index (χ1n) is 6.49. The minimum atomic E-state index is -0.790. The van der Waals surface area contributed by atoms with Gasteiger partial charge in [0.1, 0.15) is 6.42 Å². The molecule has 20 heavy (non-hydrogen) atoms. The van der Waals surface area contributed by atoms with Crippen LogP contribution >= 0.6 is 0 Å². The number of carboxylic acid groups (broad SMARTS) is 1. The van der Waals surface area contributed by atoms with Crippen LogP contribution in [0.15, 0.2) is 18.2 Å². The topological polar surface area (TPSA) is 95.5 Å². The number of carbonyl (C=O) groups is 3. The largest absolute Gasteiger partial charge is 0.481 e. The number of hydrogen-bond donors (Lipinski definition) is 3. The van der Waals surface area contributed by atoms with Gasteiger partial charge in [-0.15, -0.1) is 0 Å². The van der Waals surface area contributed by atoms with Crippen LogP contribution in [-0.2, 0) is 20.8 Å². The van der Waals surface area contributed by atoms with E-state index in [0.717, 1.165) is 18.4 Å². The van der Waals surface area contributed by atoms with Crippen LogP contribution in [-0.4, -0.2) is 22.9 Å². The lowest BCUT2D eigenvalue weighted by molar-refractivity contribution is -0.137. The molecule has 1 heterocycles. The Morgan fingerprint density at radius 3 is 2.50 bits per heavy atom. The molecule has 1 aromatic carbocycles. The molecule has 6 nitrogen and oxygen atoms in total. The fraction of sp³-hybridized carbons (Fsp3) is 0.357. The Kier molecular flexibility index (Phi) is 4.34. The van der Waals surface area contributed by atoms with Crippen molar-refractivity contribution in [3.05, 3.63) is 23.8 Å². The van der Waals surface area contributed by atoms with Crippen LogP contribution in [0.25, 0.3) is 0 Å². The van der Waals surface area contributed by atoms with E-state index in [4.69, 9.17) is 5.11 Å². The minimum Gasteiger partial charge on any atom is -0.481 e. The van der Waals surface area contributed by atoms with Crippen molar-refractivity contribution in [1.29, 1.82) is 0 Å². The van der Waals surface area contributed by atoms with Gasteiger partial charge in [0.25, 0.3) is 0 Å². The molecule has 0 aromatic heterocycles. The van der Waals surface area contributed by atoms with Crippen molar-refractivity contribution in [3.8, 4) is 0 Å². The van der Waals surface area contributed by atoms with E-state index in [-0.39, 0.29) is 24.7 Å². The van der Waals surface area contributed by atoms with E-state index >= 15 is 0 Å². The van der Waals surface area contributed by atoms with Gasteiger partial charge in [0, 0.05) is 6.42 Å². The molecule has 0 atom stereocenters. The maximum absolute atomic E-state index is 11.5. The lowest BCUT2D eigenvalue weighted by atomic mass is 10.1. The van der Waals surface area contributed by atoms with E-state index in [1.165, 1.54) is 0 Å². The van der Waals surface area contributed by atoms with Gasteiger partial charge in [-0.05, 0) is 37.0 Å². The quantitative estimate of drug-likeness (QED) is 0.564. The number of fused-ring (bicyclic) bond motifs is 1. The van der Waals surface area contributed by atoms with Crippen molar-refractivity contribution in [2.24, 2.45) is 0 Å². The second-order valence-corrected chi connectivity index (χ2v) is 4.75. The molecular formula is C14H16N2O4.